The van der Waals surface area contributed by atoms with Gasteiger partial charge in [-0.2, -0.15) is 0 Å². The molecule has 64 valence electrons. The van der Waals surface area contributed by atoms with Crippen LogP contribution in [0.4, 0.5) is 0 Å². The second-order valence-corrected chi connectivity index (χ2v) is 2.93. The lowest BCUT2D eigenvalue weighted by atomic mass is 9.96. The monoisotopic (exact) mass is 155 g/mol. The van der Waals surface area contributed by atoms with Gasteiger partial charge in [-0.15, -0.1) is 0 Å². The first-order valence-corrected chi connectivity index (χ1v) is 4.08. The molecule has 0 radical (unpaired) electrons. The lowest BCUT2D eigenvalue weighted by Gasteiger charge is -2.10. The highest BCUT2D eigenvalue weighted by atomic mass is 16.1. The average molecular weight is 155 g/mol. The fraction of sp³-hybridized carbons (Fsp3) is 0.667. The number of unbranched alkanes of at least 4 members (excludes halogenated alkanes) is 1. The van der Waals surface area contributed by atoms with Crippen molar-refractivity contribution in [1.29, 1.82) is 0 Å². The zero-order chi connectivity index (χ0) is 8.85. The van der Waals surface area contributed by atoms with Crippen LogP contribution in [-0.2, 0) is 4.79 Å². The maximum Gasteiger partial charge on any atom is 0.244 e. The van der Waals surface area contributed by atoms with Gasteiger partial charge >= 0.3 is 0 Å². The lowest BCUT2D eigenvalue weighted by molar-refractivity contribution is -0.115. The third-order valence-corrected chi connectivity index (χ3v) is 1.90. The molecule has 2 N–H and O–H groups in total. The molecular weight excluding hydrogens is 138 g/mol. The number of carbonyl (C=O) groups is 1. The second-order valence-electron chi connectivity index (χ2n) is 2.93. The molecule has 0 rings (SSSR count). The van der Waals surface area contributed by atoms with Gasteiger partial charge in [-0.05, 0) is 12.3 Å². The van der Waals surface area contributed by atoms with Crippen LogP contribution in [0.25, 0.3) is 0 Å². The predicted molar refractivity (Wildman–Crippen MR) is 47.0 cm³/mol. The Hall–Kier alpha value is -0.790. The van der Waals surface area contributed by atoms with E-state index in [0.717, 1.165) is 19.3 Å². The molecule has 2 nitrogen and oxygen atoms in total. The van der Waals surface area contributed by atoms with E-state index in [1.165, 1.54) is 0 Å². The smallest absolute Gasteiger partial charge is 0.244 e. The molecule has 2 heteroatoms. The summed E-state index contributed by atoms with van der Waals surface area (Å²) in [5, 5.41) is 0. The summed E-state index contributed by atoms with van der Waals surface area (Å²) in [4.78, 5) is 10.6. The maximum atomic E-state index is 10.6. The minimum atomic E-state index is -0.367. The minimum Gasteiger partial charge on any atom is -0.366 e. The summed E-state index contributed by atoms with van der Waals surface area (Å²) in [5.41, 5.74) is 5.62. The van der Waals surface area contributed by atoms with Crippen molar-refractivity contribution in [3.8, 4) is 0 Å². The molecule has 0 bridgehead atoms. The van der Waals surface area contributed by atoms with Crippen molar-refractivity contribution in [3.63, 3.8) is 0 Å². The molecular formula is C9H17NO. The number of nitrogens with two attached hydrogens (primary N) is 1. The fourth-order valence-corrected chi connectivity index (χ4v) is 0.927. The molecule has 1 atom stereocenters. The summed E-state index contributed by atoms with van der Waals surface area (Å²) in [5.74, 6) is -0.124. The molecule has 0 aliphatic carbocycles. The van der Waals surface area contributed by atoms with Crippen molar-refractivity contribution in [2.75, 3.05) is 0 Å². The largest absolute Gasteiger partial charge is 0.366 e. The first-order chi connectivity index (χ1) is 5.09. The van der Waals surface area contributed by atoms with Crippen LogP contribution in [0.1, 0.15) is 33.1 Å². The summed E-state index contributed by atoms with van der Waals surface area (Å²) < 4.78 is 0. The fourth-order valence-electron chi connectivity index (χ4n) is 0.927. The van der Waals surface area contributed by atoms with E-state index >= 15 is 0 Å². The van der Waals surface area contributed by atoms with Crippen LogP contribution in [0.3, 0.4) is 0 Å². The molecule has 0 saturated heterocycles. The van der Waals surface area contributed by atoms with Crippen LogP contribution >= 0.6 is 0 Å². The molecule has 0 aliphatic rings. The standard InChI is InChI=1S/C9H17NO/c1-4-5-6-7(2)8(3)9(10)11/h7H,3-6H2,1-2H3,(H2,10,11). The van der Waals surface area contributed by atoms with Gasteiger partial charge < -0.3 is 5.73 Å². The Morgan fingerprint density at radius 1 is 1.64 bits per heavy atom. The molecule has 0 aromatic rings. The van der Waals surface area contributed by atoms with Gasteiger partial charge in [0.05, 0.1) is 0 Å². The molecule has 0 saturated carbocycles. The predicted octanol–water partition coefficient (Wildman–Crippen LogP) is 1.85. The molecule has 0 spiro atoms. The zero-order valence-electron chi connectivity index (χ0n) is 7.39. The van der Waals surface area contributed by atoms with Crippen LogP contribution < -0.4 is 5.73 Å². The highest BCUT2D eigenvalue weighted by molar-refractivity contribution is 5.91. The number of hydrogen-bond acceptors (Lipinski definition) is 1. The first kappa shape index (κ1) is 10.2. The van der Waals surface area contributed by atoms with Crippen LogP contribution in [0, 0.1) is 5.92 Å². The Kier molecular flexibility index (Phi) is 4.59. The van der Waals surface area contributed by atoms with Gasteiger partial charge in [-0.3, -0.25) is 4.79 Å². The number of carbonyl (C=O) groups excluding carboxylic acids is 1. The highest BCUT2D eigenvalue weighted by Crippen LogP contribution is 2.14. The number of hydrogen-bond donors (Lipinski definition) is 1. The summed E-state index contributed by atoms with van der Waals surface area (Å²) in [6, 6.07) is 0. The normalized spacial score (nSPS) is 12.5. The summed E-state index contributed by atoms with van der Waals surface area (Å²) in [6.07, 6.45) is 3.29. The molecule has 0 fully saturated rings. The molecule has 0 aromatic carbocycles. The van der Waals surface area contributed by atoms with E-state index in [2.05, 4.69) is 13.5 Å². The van der Waals surface area contributed by atoms with Crippen LogP contribution in [0.15, 0.2) is 12.2 Å². The van der Waals surface area contributed by atoms with E-state index in [0.29, 0.717) is 5.57 Å². The van der Waals surface area contributed by atoms with Crippen molar-refractivity contribution in [1.82, 2.24) is 0 Å². The SMILES string of the molecule is C=C(C(N)=O)C(C)CCCC. The minimum absolute atomic E-state index is 0.243. The van der Waals surface area contributed by atoms with E-state index in [9.17, 15) is 4.79 Å². The first-order valence-electron chi connectivity index (χ1n) is 4.08. The topological polar surface area (TPSA) is 43.1 Å². The maximum absolute atomic E-state index is 10.6. The molecule has 0 aliphatic heterocycles. The Morgan fingerprint density at radius 3 is 2.55 bits per heavy atom. The number of amides is 1. The van der Waals surface area contributed by atoms with Gasteiger partial charge in [0.2, 0.25) is 5.91 Å². The van der Waals surface area contributed by atoms with Crippen molar-refractivity contribution in [2.24, 2.45) is 11.7 Å². The third-order valence-electron chi connectivity index (χ3n) is 1.90. The highest BCUT2D eigenvalue weighted by Gasteiger charge is 2.10. The number of primary amides is 1. The van der Waals surface area contributed by atoms with E-state index in [4.69, 9.17) is 5.73 Å². The van der Waals surface area contributed by atoms with E-state index < -0.39 is 0 Å². The quantitative estimate of drug-likeness (QED) is 0.605. The van der Waals surface area contributed by atoms with E-state index in [1.54, 1.807) is 0 Å². The van der Waals surface area contributed by atoms with E-state index in [1.807, 2.05) is 6.92 Å². The van der Waals surface area contributed by atoms with Crippen LogP contribution in [-0.4, -0.2) is 5.91 Å². The van der Waals surface area contributed by atoms with Crippen molar-refractivity contribution in [2.45, 2.75) is 33.1 Å². The van der Waals surface area contributed by atoms with Gasteiger partial charge in [0.25, 0.3) is 0 Å². The third kappa shape index (κ3) is 3.81. The molecule has 1 unspecified atom stereocenters. The van der Waals surface area contributed by atoms with Gasteiger partial charge in [0.15, 0.2) is 0 Å². The molecule has 0 heterocycles. The molecule has 1 amide bonds. The van der Waals surface area contributed by atoms with E-state index in [-0.39, 0.29) is 11.8 Å². The van der Waals surface area contributed by atoms with Crippen LogP contribution in [0.2, 0.25) is 0 Å². The Bertz CT molecular complexity index is 152. The Labute approximate surface area is 68.5 Å². The zero-order valence-corrected chi connectivity index (χ0v) is 7.39. The summed E-state index contributed by atoms with van der Waals surface area (Å²) in [6.45, 7) is 7.75. The summed E-state index contributed by atoms with van der Waals surface area (Å²) in [7, 11) is 0. The van der Waals surface area contributed by atoms with Crippen molar-refractivity contribution >= 4 is 5.91 Å². The molecule has 0 aromatic heterocycles. The Balaban J connectivity index is 3.73. The summed E-state index contributed by atoms with van der Waals surface area (Å²) >= 11 is 0. The van der Waals surface area contributed by atoms with Crippen molar-refractivity contribution in [3.05, 3.63) is 12.2 Å². The number of rotatable bonds is 5. The lowest BCUT2D eigenvalue weighted by Crippen LogP contribution is -2.18. The van der Waals surface area contributed by atoms with Gasteiger partial charge in [-0.1, -0.05) is 33.3 Å². The average Bonchev–Trinajstić information content (AvgIpc) is 1.98. The Morgan fingerprint density at radius 2 is 2.18 bits per heavy atom. The van der Waals surface area contributed by atoms with Gasteiger partial charge in [-0.25, -0.2) is 0 Å². The molecule has 11 heavy (non-hydrogen) atoms. The van der Waals surface area contributed by atoms with Gasteiger partial charge in [0, 0.05) is 5.57 Å². The second kappa shape index (κ2) is 4.94. The van der Waals surface area contributed by atoms with Gasteiger partial charge in [0.1, 0.15) is 0 Å². The van der Waals surface area contributed by atoms with Crippen LogP contribution in [0.5, 0.6) is 0 Å². The van der Waals surface area contributed by atoms with Crippen molar-refractivity contribution < 1.29 is 4.79 Å².